The van der Waals surface area contributed by atoms with E-state index in [0.717, 1.165) is 65.7 Å². The molecular formula is C33H21BN2O3PtS. The molecule has 200 valence electrons. The van der Waals surface area contributed by atoms with Crippen LogP contribution in [-0.2, 0) is 21.1 Å². The first-order valence-electron chi connectivity index (χ1n) is 13.2. The molecule has 0 atom stereocenters. The SMILES string of the molecule is CC(C)c1cc2c3c(c1)Oc1ccc(-c4nc5ccccc5s4)[c-]c1B3c1[c-]c(Oc3ccccn3)ccc1O2.[Pt+2]. The minimum atomic E-state index is -0.194. The Morgan fingerprint density at radius 2 is 1.56 bits per heavy atom. The van der Waals surface area contributed by atoms with Crippen LogP contribution in [0.4, 0.5) is 0 Å². The molecule has 0 saturated heterocycles. The number of aromatic nitrogens is 2. The van der Waals surface area contributed by atoms with Crippen LogP contribution < -0.4 is 30.6 Å². The Morgan fingerprint density at radius 3 is 2.29 bits per heavy atom. The van der Waals surface area contributed by atoms with Gasteiger partial charge in [-0.1, -0.05) is 32.0 Å². The third-order valence-electron chi connectivity index (χ3n) is 7.32. The molecule has 5 nitrogen and oxygen atoms in total. The van der Waals surface area contributed by atoms with Crippen LogP contribution in [0.1, 0.15) is 25.3 Å². The van der Waals surface area contributed by atoms with E-state index in [-0.39, 0.29) is 27.8 Å². The molecule has 0 aliphatic carbocycles. The van der Waals surface area contributed by atoms with Crippen molar-refractivity contribution in [1.29, 1.82) is 0 Å². The summed E-state index contributed by atoms with van der Waals surface area (Å²) in [5.41, 5.74) is 5.86. The Balaban J connectivity index is 0.00000276. The van der Waals surface area contributed by atoms with E-state index >= 15 is 0 Å². The first-order chi connectivity index (χ1) is 19.6. The van der Waals surface area contributed by atoms with Crippen molar-refractivity contribution in [1.82, 2.24) is 9.97 Å². The second-order valence-electron chi connectivity index (χ2n) is 10.2. The van der Waals surface area contributed by atoms with E-state index in [0.29, 0.717) is 17.5 Å². The molecule has 4 heterocycles. The van der Waals surface area contributed by atoms with Crippen molar-refractivity contribution in [2.45, 2.75) is 19.8 Å². The zero-order valence-corrected chi connectivity index (χ0v) is 25.2. The fraction of sp³-hybridized carbons (Fsp3) is 0.0909. The van der Waals surface area contributed by atoms with Crippen molar-refractivity contribution in [2.75, 3.05) is 0 Å². The van der Waals surface area contributed by atoms with Crippen molar-refractivity contribution in [3.05, 3.63) is 103 Å². The maximum Gasteiger partial charge on any atom is 2.00 e. The number of nitrogens with zero attached hydrogens (tertiary/aromatic N) is 2. The topological polar surface area (TPSA) is 53.5 Å². The Hall–Kier alpha value is -3.93. The number of pyridine rings is 1. The summed E-state index contributed by atoms with van der Waals surface area (Å²) < 4.78 is 20.2. The predicted molar refractivity (Wildman–Crippen MR) is 159 cm³/mol. The fourth-order valence-corrected chi connectivity index (χ4v) is 6.30. The molecular weight excluding hydrogens is 710 g/mol. The van der Waals surface area contributed by atoms with Gasteiger partial charge in [0.2, 0.25) is 12.6 Å². The predicted octanol–water partition coefficient (Wildman–Crippen LogP) is 6.60. The molecule has 4 aromatic carbocycles. The molecule has 0 N–H and O–H groups in total. The molecule has 0 unspecified atom stereocenters. The van der Waals surface area contributed by atoms with E-state index in [2.05, 4.69) is 49.2 Å². The molecule has 0 radical (unpaired) electrons. The molecule has 0 amide bonds. The van der Waals surface area contributed by atoms with Gasteiger partial charge in [0.25, 0.3) is 0 Å². The van der Waals surface area contributed by atoms with Crippen LogP contribution in [0.15, 0.2) is 85.1 Å². The van der Waals surface area contributed by atoms with Crippen LogP contribution in [0.2, 0.25) is 0 Å². The summed E-state index contributed by atoms with van der Waals surface area (Å²) in [7, 11) is 0. The van der Waals surface area contributed by atoms with E-state index < -0.39 is 0 Å². The van der Waals surface area contributed by atoms with Crippen LogP contribution in [0.5, 0.6) is 34.6 Å². The van der Waals surface area contributed by atoms with Gasteiger partial charge < -0.3 is 14.2 Å². The Kier molecular flexibility index (Phi) is 6.45. The summed E-state index contributed by atoms with van der Waals surface area (Å²) >= 11 is 1.66. The number of hydrogen-bond donors (Lipinski definition) is 0. The molecule has 6 aromatic rings. The number of fused-ring (bicyclic) bond motifs is 5. The van der Waals surface area contributed by atoms with E-state index in [4.69, 9.17) is 19.2 Å². The largest absolute Gasteiger partial charge is 2.00 e. The molecule has 2 aliphatic rings. The standard InChI is InChI=1S/C33H21BN2O3S.Pt/c1-19(2)21-16-28-32-29(17-21)39-27-13-11-22(37-31-9-5-6-14-35-31)18-24(27)34(32)23-15-20(10-12-26(23)38-28)33-36-25-7-3-4-8-30(25)40-33;/h3-14,16-17,19H,1-2H3;/q-2;+2. The van der Waals surface area contributed by atoms with Crippen molar-refractivity contribution in [3.63, 3.8) is 0 Å². The van der Waals surface area contributed by atoms with E-state index in [1.165, 1.54) is 0 Å². The Labute approximate surface area is 256 Å². The van der Waals surface area contributed by atoms with Gasteiger partial charge in [0.1, 0.15) is 11.5 Å². The van der Waals surface area contributed by atoms with Crippen LogP contribution in [0, 0.1) is 12.1 Å². The average Bonchev–Trinajstić information content (AvgIpc) is 3.42. The van der Waals surface area contributed by atoms with E-state index in [1.54, 1.807) is 17.5 Å². The van der Waals surface area contributed by atoms with Gasteiger partial charge >= 0.3 is 21.1 Å². The molecule has 0 bridgehead atoms. The maximum absolute atomic E-state index is 6.52. The molecule has 2 aliphatic heterocycles. The number of hydrogen-bond acceptors (Lipinski definition) is 6. The van der Waals surface area contributed by atoms with Crippen molar-refractivity contribution < 1.29 is 35.3 Å². The summed E-state index contributed by atoms with van der Waals surface area (Å²) in [6.45, 7) is 4.15. The summed E-state index contributed by atoms with van der Waals surface area (Å²) in [6.07, 6.45) is 1.71. The molecule has 41 heavy (non-hydrogen) atoms. The molecule has 0 saturated carbocycles. The van der Waals surface area contributed by atoms with Gasteiger partial charge in [0.15, 0.2) is 0 Å². The van der Waals surface area contributed by atoms with Gasteiger partial charge in [-0.25, -0.2) is 4.98 Å². The van der Waals surface area contributed by atoms with E-state index in [9.17, 15) is 0 Å². The molecule has 0 spiro atoms. The summed E-state index contributed by atoms with van der Waals surface area (Å²) in [5, 5.41) is 0.925. The minimum absolute atomic E-state index is 0. The number of para-hydroxylation sites is 1. The number of rotatable bonds is 4. The monoisotopic (exact) mass is 731 g/mol. The van der Waals surface area contributed by atoms with Crippen molar-refractivity contribution >= 4 is 44.7 Å². The van der Waals surface area contributed by atoms with Gasteiger partial charge in [-0.15, -0.1) is 52.9 Å². The summed E-state index contributed by atoms with van der Waals surface area (Å²) in [5.74, 6) is 4.51. The molecule has 2 aromatic heterocycles. The number of ether oxygens (including phenoxy) is 3. The smallest absolute Gasteiger partial charge is 0.518 e. The molecule has 8 rings (SSSR count). The Morgan fingerprint density at radius 1 is 0.829 bits per heavy atom. The number of benzene rings is 4. The Bertz CT molecular complexity index is 1890. The third kappa shape index (κ3) is 4.44. The normalized spacial score (nSPS) is 12.5. The summed E-state index contributed by atoms with van der Waals surface area (Å²) in [6, 6.07) is 33.1. The molecule has 8 heteroatoms. The fourth-order valence-electron chi connectivity index (χ4n) is 5.35. The zero-order chi connectivity index (χ0) is 26.8. The third-order valence-corrected chi connectivity index (χ3v) is 8.39. The second kappa shape index (κ2) is 10.2. The van der Waals surface area contributed by atoms with Crippen molar-refractivity contribution in [2.24, 2.45) is 0 Å². The van der Waals surface area contributed by atoms with Gasteiger partial charge in [0, 0.05) is 44.7 Å². The van der Waals surface area contributed by atoms with Gasteiger partial charge in [0.05, 0.1) is 5.52 Å². The first-order valence-corrected chi connectivity index (χ1v) is 14.0. The van der Waals surface area contributed by atoms with Crippen LogP contribution >= 0.6 is 11.3 Å². The second-order valence-corrected chi connectivity index (χ2v) is 11.3. The van der Waals surface area contributed by atoms with Crippen LogP contribution in [-0.4, -0.2) is 16.7 Å². The molecule has 0 fully saturated rings. The first kappa shape index (κ1) is 26.0. The van der Waals surface area contributed by atoms with E-state index in [1.807, 2.05) is 60.7 Å². The van der Waals surface area contributed by atoms with Crippen LogP contribution in [0.25, 0.3) is 20.8 Å². The number of thiazole rings is 1. The van der Waals surface area contributed by atoms with Crippen LogP contribution in [0.3, 0.4) is 0 Å². The average molecular weight is 731 g/mol. The zero-order valence-electron chi connectivity index (χ0n) is 22.1. The quantitative estimate of drug-likeness (QED) is 0.151. The minimum Gasteiger partial charge on any atom is -0.518 e. The van der Waals surface area contributed by atoms with Gasteiger partial charge in [-0.2, -0.15) is 11.3 Å². The maximum atomic E-state index is 6.52. The van der Waals surface area contributed by atoms with Crippen molar-refractivity contribution in [3.8, 4) is 45.2 Å². The van der Waals surface area contributed by atoms with Gasteiger partial charge in [-0.05, 0) is 41.8 Å². The van der Waals surface area contributed by atoms with Gasteiger partial charge in [-0.3, -0.25) is 4.98 Å². The summed E-state index contributed by atoms with van der Waals surface area (Å²) in [4.78, 5) is 9.19.